The number of hydrogen-bond acceptors (Lipinski definition) is 4. The first-order valence-corrected chi connectivity index (χ1v) is 12.2. The van der Waals surface area contributed by atoms with Gasteiger partial charge in [0.1, 0.15) is 4.88 Å². The number of carbonyl (C=O) groups excluding carboxylic acids is 1. The smallest absolute Gasteiger partial charge is 0.348 e. The summed E-state index contributed by atoms with van der Waals surface area (Å²) in [6.45, 7) is 3.41. The normalized spacial score (nSPS) is 22.3. The predicted octanol–water partition coefficient (Wildman–Crippen LogP) is 6.11. The molecule has 2 fully saturated rings. The zero-order chi connectivity index (χ0) is 22.0. The average molecular weight is 462 g/mol. The van der Waals surface area contributed by atoms with Gasteiger partial charge in [-0.15, -0.1) is 11.3 Å². The lowest BCUT2D eigenvalue weighted by atomic mass is 9.82. The Morgan fingerprint density at radius 1 is 1.06 bits per heavy atom. The minimum atomic E-state index is -0.998. The molecule has 1 N–H and O–H groups in total. The SMILES string of the molecule is CC1CCC(C(=O)N(c2cc(-c3ccc(Cl)cc3)sc2C(=O)O)C2CCOCC2)CC1. The molecule has 1 aliphatic carbocycles. The number of carbonyl (C=O) groups is 2. The van der Waals surface area contributed by atoms with Gasteiger partial charge in [-0.25, -0.2) is 4.79 Å². The molecule has 1 amide bonds. The van der Waals surface area contributed by atoms with Gasteiger partial charge in [0.25, 0.3) is 0 Å². The highest BCUT2D eigenvalue weighted by Gasteiger charge is 2.36. The van der Waals surface area contributed by atoms with Crippen molar-refractivity contribution in [1.82, 2.24) is 0 Å². The molecule has 1 saturated heterocycles. The lowest BCUT2D eigenvalue weighted by Crippen LogP contribution is -2.47. The maximum atomic E-state index is 13.7. The van der Waals surface area contributed by atoms with Crippen molar-refractivity contribution < 1.29 is 19.4 Å². The van der Waals surface area contributed by atoms with Gasteiger partial charge in [0.15, 0.2) is 0 Å². The second kappa shape index (κ2) is 9.72. The molecule has 1 aromatic carbocycles. The number of ether oxygens (including phenoxy) is 1. The number of amides is 1. The molecule has 1 saturated carbocycles. The number of nitrogens with zero attached hydrogens (tertiary/aromatic N) is 1. The summed E-state index contributed by atoms with van der Waals surface area (Å²) in [5, 5.41) is 10.6. The van der Waals surface area contributed by atoms with Crippen molar-refractivity contribution in [1.29, 1.82) is 0 Å². The molecule has 1 aromatic heterocycles. The summed E-state index contributed by atoms with van der Waals surface area (Å²) in [6.07, 6.45) is 5.28. The zero-order valence-corrected chi connectivity index (χ0v) is 19.3. The van der Waals surface area contributed by atoms with E-state index < -0.39 is 5.97 Å². The number of carboxylic acids is 1. The van der Waals surface area contributed by atoms with E-state index in [1.165, 1.54) is 11.3 Å². The fourth-order valence-electron chi connectivity index (χ4n) is 4.61. The van der Waals surface area contributed by atoms with Gasteiger partial charge in [-0.05, 0) is 68.2 Å². The second-order valence-corrected chi connectivity index (χ2v) is 10.1. The Labute approximate surface area is 192 Å². The maximum absolute atomic E-state index is 13.7. The van der Waals surface area contributed by atoms with Crippen molar-refractivity contribution in [3.8, 4) is 10.4 Å². The van der Waals surface area contributed by atoms with Gasteiger partial charge in [-0.1, -0.05) is 30.7 Å². The van der Waals surface area contributed by atoms with Gasteiger partial charge >= 0.3 is 5.97 Å². The van der Waals surface area contributed by atoms with E-state index in [9.17, 15) is 14.7 Å². The van der Waals surface area contributed by atoms with E-state index >= 15 is 0 Å². The molecule has 0 unspecified atom stereocenters. The number of benzene rings is 1. The van der Waals surface area contributed by atoms with E-state index in [0.29, 0.717) is 29.8 Å². The lowest BCUT2D eigenvalue weighted by Gasteiger charge is -2.37. The number of halogens is 1. The molecular weight excluding hydrogens is 434 g/mol. The fraction of sp³-hybridized carbons (Fsp3) is 0.500. The van der Waals surface area contributed by atoms with Crippen LogP contribution in [-0.4, -0.2) is 36.2 Å². The van der Waals surface area contributed by atoms with Crippen molar-refractivity contribution in [2.75, 3.05) is 18.1 Å². The molecule has 2 heterocycles. The fourth-order valence-corrected chi connectivity index (χ4v) is 5.73. The highest BCUT2D eigenvalue weighted by molar-refractivity contribution is 7.18. The van der Waals surface area contributed by atoms with Crippen LogP contribution in [-0.2, 0) is 9.53 Å². The number of thiophene rings is 1. The van der Waals surface area contributed by atoms with Gasteiger partial charge in [-0.3, -0.25) is 4.79 Å². The highest BCUT2D eigenvalue weighted by Crippen LogP contribution is 2.41. The third-order valence-corrected chi connectivity index (χ3v) is 7.87. The minimum Gasteiger partial charge on any atom is -0.477 e. The van der Waals surface area contributed by atoms with Crippen LogP contribution < -0.4 is 4.90 Å². The monoisotopic (exact) mass is 461 g/mol. The first kappa shape index (κ1) is 22.3. The van der Waals surface area contributed by atoms with Gasteiger partial charge < -0.3 is 14.7 Å². The Balaban J connectivity index is 1.73. The molecular formula is C24H28ClNO4S. The zero-order valence-electron chi connectivity index (χ0n) is 17.7. The standard InChI is InChI=1S/C24H28ClNO4S/c1-15-2-4-17(5-3-15)23(27)26(19-10-12-30-13-11-19)20-14-21(31-22(20)24(28)29)16-6-8-18(25)9-7-16/h6-9,14-15,17,19H,2-5,10-13H2,1H3,(H,28,29). The molecule has 1 aliphatic heterocycles. The van der Waals surface area contributed by atoms with E-state index in [1.807, 2.05) is 23.1 Å². The Morgan fingerprint density at radius 2 is 1.71 bits per heavy atom. The van der Waals surface area contributed by atoms with Crippen molar-refractivity contribution >= 4 is 40.5 Å². The first-order chi connectivity index (χ1) is 14.9. The number of aromatic carboxylic acids is 1. The van der Waals surface area contributed by atoms with Crippen LogP contribution in [0.25, 0.3) is 10.4 Å². The van der Waals surface area contributed by atoms with Crippen LogP contribution in [0.15, 0.2) is 30.3 Å². The topological polar surface area (TPSA) is 66.8 Å². The van der Waals surface area contributed by atoms with Crippen molar-refractivity contribution in [2.45, 2.75) is 51.5 Å². The van der Waals surface area contributed by atoms with Crippen molar-refractivity contribution in [3.63, 3.8) is 0 Å². The molecule has 7 heteroatoms. The Kier molecular flexibility index (Phi) is 6.99. The summed E-state index contributed by atoms with van der Waals surface area (Å²) < 4.78 is 5.52. The van der Waals surface area contributed by atoms with Gasteiger partial charge in [0, 0.05) is 35.1 Å². The Morgan fingerprint density at radius 3 is 2.32 bits per heavy atom. The molecule has 4 rings (SSSR count). The third-order valence-electron chi connectivity index (χ3n) is 6.45. The second-order valence-electron chi connectivity index (χ2n) is 8.65. The molecule has 31 heavy (non-hydrogen) atoms. The molecule has 5 nitrogen and oxygen atoms in total. The molecule has 2 aliphatic rings. The van der Waals surface area contributed by atoms with Crippen molar-refractivity contribution in [3.05, 3.63) is 40.2 Å². The van der Waals surface area contributed by atoms with E-state index in [1.54, 1.807) is 12.1 Å². The largest absolute Gasteiger partial charge is 0.477 e. The minimum absolute atomic E-state index is 0.0358. The predicted molar refractivity (Wildman–Crippen MR) is 124 cm³/mol. The summed E-state index contributed by atoms with van der Waals surface area (Å²) in [7, 11) is 0. The average Bonchev–Trinajstić information content (AvgIpc) is 3.21. The first-order valence-electron chi connectivity index (χ1n) is 11.0. The Hall–Kier alpha value is -1.89. The highest BCUT2D eigenvalue weighted by atomic mass is 35.5. The third kappa shape index (κ3) is 4.97. The van der Waals surface area contributed by atoms with Crippen LogP contribution in [0.3, 0.4) is 0 Å². The number of carboxylic acid groups (broad SMARTS) is 1. The maximum Gasteiger partial charge on any atom is 0.348 e. The summed E-state index contributed by atoms with van der Waals surface area (Å²) >= 11 is 7.24. The van der Waals surface area contributed by atoms with Crippen LogP contribution in [0.5, 0.6) is 0 Å². The van der Waals surface area contributed by atoms with Crippen LogP contribution in [0, 0.1) is 11.8 Å². The lowest BCUT2D eigenvalue weighted by molar-refractivity contribution is -0.124. The summed E-state index contributed by atoms with van der Waals surface area (Å²) in [4.78, 5) is 28.8. The molecule has 2 aromatic rings. The molecule has 0 spiro atoms. The van der Waals surface area contributed by atoms with Crippen molar-refractivity contribution in [2.24, 2.45) is 11.8 Å². The van der Waals surface area contributed by atoms with Crippen LogP contribution in [0.2, 0.25) is 5.02 Å². The van der Waals surface area contributed by atoms with E-state index in [2.05, 4.69) is 6.92 Å². The molecule has 166 valence electrons. The molecule has 0 radical (unpaired) electrons. The van der Waals surface area contributed by atoms with Crippen LogP contribution >= 0.6 is 22.9 Å². The summed E-state index contributed by atoms with van der Waals surface area (Å²) in [5.74, 6) is -0.323. The van der Waals surface area contributed by atoms with Crippen LogP contribution in [0.4, 0.5) is 5.69 Å². The van der Waals surface area contributed by atoms with E-state index in [0.717, 1.165) is 49.0 Å². The number of rotatable bonds is 5. The van der Waals surface area contributed by atoms with Gasteiger partial charge in [-0.2, -0.15) is 0 Å². The number of hydrogen-bond donors (Lipinski definition) is 1. The van der Waals surface area contributed by atoms with Gasteiger partial charge in [0.05, 0.1) is 5.69 Å². The van der Waals surface area contributed by atoms with E-state index in [-0.39, 0.29) is 22.7 Å². The quantitative estimate of drug-likeness (QED) is 0.583. The van der Waals surface area contributed by atoms with Crippen LogP contribution in [0.1, 0.15) is 55.1 Å². The number of anilines is 1. The van der Waals surface area contributed by atoms with E-state index in [4.69, 9.17) is 16.3 Å². The summed E-state index contributed by atoms with van der Waals surface area (Å²) in [6, 6.07) is 9.18. The Bertz CT molecular complexity index is 928. The molecule has 0 bridgehead atoms. The summed E-state index contributed by atoms with van der Waals surface area (Å²) in [5.41, 5.74) is 1.42. The molecule has 0 atom stereocenters. The van der Waals surface area contributed by atoms with Gasteiger partial charge in [0.2, 0.25) is 5.91 Å².